The van der Waals surface area contributed by atoms with Crippen molar-refractivity contribution in [1.29, 1.82) is 0 Å². The van der Waals surface area contributed by atoms with Crippen LogP contribution in [0.2, 0.25) is 0 Å². The first kappa shape index (κ1) is 41.1. The van der Waals surface area contributed by atoms with E-state index < -0.39 is 0 Å². The number of aromatic nitrogens is 2. The highest BCUT2D eigenvalue weighted by molar-refractivity contribution is 5.28. The van der Waals surface area contributed by atoms with E-state index in [0.717, 1.165) is 18.7 Å². The van der Waals surface area contributed by atoms with Crippen LogP contribution >= 0.6 is 0 Å². The Balaban J connectivity index is 2.57. The predicted molar refractivity (Wildman–Crippen MR) is 198 cm³/mol. The normalized spacial score (nSPS) is 11.5. The highest BCUT2D eigenvalue weighted by Gasteiger charge is 2.14. The molecule has 1 radical (unpaired) electrons. The summed E-state index contributed by atoms with van der Waals surface area (Å²) in [6.45, 7) is 9.04. The molecule has 0 bridgehead atoms. The molecule has 0 aliphatic carbocycles. The molecule has 1 aromatic heterocycles. The summed E-state index contributed by atoms with van der Waals surface area (Å²) in [6.07, 6.45) is 47.6. The number of nitrogens with zero attached hydrogens (tertiary/aromatic N) is 2. The van der Waals surface area contributed by atoms with Gasteiger partial charge in [-0.15, -0.1) is 0 Å². The molecule has 0 unspecified atom stereocenters. The summed E-state index contributed by atoms with van der Waals surface area (Å²) in [5, 5.41) is 0. The molecule has 0 aromatic carbocycles. The van der Waals surface area contributed by atoms with Crippen LogP contribution in [0.15, 0.2) is 0 Å². The van der Waals surface area contributed by atoms with Crippen molar-refractivity contribution in [3.63, 3.8) is 0 Å². The topological polar surface area (TPSA) is 25.8 Å². The smallest absolute Gasteiger partial charge is 0.132 e. The molecule has 44 heavy (non-hydrogen) atoms. The first-order chi connectivity index (χ1) is 21.8. The molecule has 0 fully saturated rings. The van der Waals surface area contributed by atoms with Crippen molar-refractivity contribution in [2.24, 2.45) is 0 Å². The third-order valence-electron chi connectivity index (χ3n) is 9.77. The van der Waals surface area contributed by atoms with E-state index in [1.165, 1.54) is 210 Å². The number of hydrogen-bond donors (Lipinski definition) is 0. The highest BCUT2D eigenvalue weighted by Crippen LogP contribution is 2.22. The molecule has 0 saturated heterocycles. The van der Waals surface area contributed by atoms with E-state index >= 15 is 0 Å². The van der Waals surface area contributed by atoms with Crippen LogP contribution < -0.4 is 0 Å². The van der Waals surface area contributed by atoms with Gasteiger partial charge in [-0.05, 0) is 44.1 Å². The van der Waals surface area contributed by atoms with Gasteiger partial charge in [0.1, 0.15) is 5.82 Å². The molecule has 1 aromatic rings. The first-order valence-electron chi connectivity index (χ1n) is 20.4. The predicted octanol–water partition coefficient (Wildman–Crippen LogP) is 14.4. The van der Waals surface area contributed by atoms with Gasteiger partial charge in [0, 0.05) is 17.8 Å². The van der Waals surface area contributed by atoms with Crippen LogP contribution in [0.3, 0.4) is 0 Å². The molecule has 1 rings (SSSR count). The summed E-state index contributed by atoms with van der Waals surface area (Å²) in [4.78, 5) is 10.2. The maximum absolute atomic E-state index is 5.12. The minimum absolute atomic E-state index is 0.973. The standard InChI is InChI=1S/C42H79N2/c1-5-9-12-15-18-21-24-27-30-33-36-39-40(37-34-31-28-25-22-19-16-13-10-6-2)43-42(8-4)44-41(39)38-35-32-29-26-23-20-17-14-11-7-3/h8H,5-7,9-38H2,1-4H3. The summed E-state index contributed by atoms with van der Waals surface area (Å²) < 4.78 is 0. The third-order valence-corrected chi connectivity index (χ3v) is 9.77. The van der Waals surface area contributed by atoms with Gasteiger partial charge in [0.2, 0.25) is 0 Å². The average Bonchev–Trinajstić information content (AvgIpc) is 3.04. The van der Waals surface area contributed by atoms with Crippen molar-refractivity contribution in [1.82, 2.24) is 9.97 Å². The quantitative estimate of drug-likeness (QED) is 0.0724. The van der Waals surface area contributed by atoms with Gasteiger partial charge in [-0.3, -0.25) is 0 Å². The maximum atomic E-state index is 5.12. The minimum atomic E-state index is 0.973. The molecule has 0 atom stereocenters. The van der Waals surface area contributed by atoms with Crippen molar-refractivity contribution in [2.45, 2.75) is 240 Å². The van der Waals surface area contributed by atoms with E-state index in [-0.39, 0.29) is 0 Å². The fourth-order valence-electron chi connectivity index (χ4n) is 6.78. The Hall–Kier alpha value is -0.920. The van der Waals surface area contributed by atoms with Gasteiger partial charge < -0.3 is 0 Å². The summed E-state index contributed by atoms with van der Waals surface area (Å²) in [5.41, 5.74) is 4.33. The lowest BCUT2D eigenvalue weighted by Gasteiger charge is -2.16. The number of hydrogen-bond acceptors (Lipinski definition) is 2. The molecule has 0 aliphatic heterocycles. The zero-order valence-corrected chi connectivity index (χ0v) is 30.8. The van der Waals surface area contributed by atoms with Crippen LogP contribution in [-0.4, -0.2) is 9.97 Å². The monoisotopic (exact) mass is 612 g/mol. The van der Waals surface area contributed by atoms with Gasteiger partial charge in [0.25, 0.3) is 0 Å². The van der Waals surface area contributed by atoms with E-state index in [0.29, 0.717) is 0 Å². The van der Waals surface area contributed by atoms with E-state index in [1.54, 1.807) is 5.56 Å². The SMILES string of the molecule is C[CH]c1nc(CCCCCCCCCCCC)c(CCCCCCCCCCCC)c(CCCCCCCCCCCC)n1. The lowest BCUT2D eigenvalue weighted by Crippen LogP contribution is -2.10. The van der Waals surface area contributed by atoms with E-state index in [9.17, 15) is 0 Å². The van der Waals surface area contributed by atoms with Gasteiger partial charge in [-0.1, -0.05) is 201 Å². The second-order valence-corrected chi connectivity index (χ2v) is 14.0. The molecule has 0 spiro atoms. The molecular formula is C42H79N2. The van der Waals surface area contributed by atoms with Gasteiger partial charge in [-0.2, -0.15) is 0 Å². The minimum Gasteiger partial charge on any atom is -0.237 e. The largest absolute Gasteiger partial charge is 0.237 e. The molecule has 0 N–H and O–H groups in total. The van der Waals surface area contributed by atoms with Gasteiger partial charge in [0.05, 0.1) is 0 Å². The van der Waals surface area contributed by atoms with Crippen molar-refractivity contribution < 1.29 is 0 Å². The summed E-state index contributed by atoms with van der Waals surface area (Å²) >= 11 is 0. The van der Waals surface area contributed by atoms with Crippen molar-refractivity contribution in [3.05, 3.63) is 29.2 Å². The Labute approximate surface area is 278 Å². The van der Waals surface area contributed by atoms with E-state index in [4.69, 9.17) is 9.97 Å². The second-order valence-electron chi connectivity index (χ2n) is 14.0. The molecule has 257 valence electrons. The van der Waals surface area contributed by atoms with Crippen molar-refractivity contribution >= 4 is 0 Å². The Morgan fingerprint density at radius 2 is 0.591 bits per heavy atom. The van der Waals surface area contributed by atoms with Crippen LogP contribution in [0, 0.1) is 6.42 Å². The molecule has 0 amide bonds. The van der Waals surface area contributed by atoms with E-state index in [1.807, 2.05) is 0 Å². The van der Waals surface area contributed by atoms with Crippen molar-refractivity contribution in [3.8, 4) is 0 Å². The maximum Gasteiger partial charge on any atom is 0.132 e. The van der Waals surface area contributed by atoms with Crippen molar-refractivity contribution in [2.75, 3.05) is 0 Å². The second kappa shape index (κ2) is 32.0. The Bertz CT molecular complexity index is 681. The Morgan fingerprint density at radius 3 is 0.864 bits per heavy atom. The lowest BCUT2D eigenvalue weighted by atomic mass is 9.96. The molecule has 0 saturated carbocycles. The number of unbranched alkanes of at least 4 members (excludes halogenated alkanes) is 27. The van der Waals surface area contributed by atoms with Crippen LogP contribution in [-0.2, 0) is 19.3 Å². The highest BCUT2D eigenvalue weighted by atomic mass is 14.9. The summed E-state index contributed by atoms with van der Waals surface area (Å²) in [7, 11) is 0. The average molecular weight is 612 g/mol. The fourth-order valence-corrected chi connectivity index (χ4v) is 6.78. The number of aryl methyl sites for hydroxylation is 2. The zero-order chi connectivity index (χ0) is 31.8. The van der Waals surface area contributed by atoms with Gasteiger partial charge in [-0.25, -0.2) is 9.97 Å². The third kappa shape index (κ3) is 23.4. The van der Waals surface area contributed by atoms with E-state index in [2.05, 4.69) is 34.1 Å². The summed E-state index contributed by atoms with van der Waals surface area (Å²) in [5.74, 6) is 0.973. The molecule has 0 aliphatic rings. The van der Waals surface area contributed by atoms with Crippen LogP contribution in [0.4, 0.5) is 0 Å². The zero-order valence-electron chi connectivity index (χ0n) is 30.8. The Morgan fingerprint density at radius 1 is 0.341 bits per heavy atom. The Kier molecular flexibility index (Phi) is 29.9. The molecule has 1 heterocycles. The first-order valence-corrected chi connectivity index (χ1v) is 20.4. The van der Waals surface area contributed by atoms with Gasteiger partial charge >= 0.3 is 0 Å². The van der Waals surface area contributed by atoms with Crippen LogP contribution in [0.5, 0.6) is 0 Å². The fraction of sp³-hybridized carbons (Fsp3) is 0.881. The molecule has 2 heteroatoms. The van der Waals surface area contributed by atoms with Crippen LogP contribution in [0.1, 0.15) is 243 Å². The van der Waals surface area contributed by atoms with Gasteiger partial charge in [0.15, 0.2) is 0 Å². The summed E-state index contributed by atoms with van der Waals surface area (Å²) in [6, 6.07) is 0. The molecular weight excluding hydrogens is 532 g/mol. The number of rotatable bonds is 34. The molecule has 2 nitrogen and oxygen atoms in total. The van der Waals surface area contributed by atoms with Crippen LogP contribution in [0.25, 0.3) is 0 Å². The lowest BCUT2D eigenvalue weighted by molar-refractivity contribution is 0.548.